The molecule has 1 saturated heterocycles. The van der Waals surface area contributed by atoms with Gasteiger partial charge in [0.15, 0.2) is 0 Å². The first kappa shape index (κ1) is 27.3. The Hall–Kier alpha value is -1.75. The summed E-state index contributed by atoms with van der Waals surface area (Å²) in [5.74, 6) is 0.738. The second kappa shape index (κ2) is 13.2. The Morgan fingerprint density at radius 1 is 0.833 bits per heavy atom. The molecule has 7 heteroatoms. The van der Waals surface area contributed by atoms with Gasteiger partial charge in [0.1, 0.15) is 0 Å². The zero-order valence-electron chi connectivity index (χ0n) is 20.1. The number of carbonyl (C=O) groups is 1. The molecule has 3 nitrogen and oxygen atoms in total. The number of halogens is 4. The molecule has 1 aliphatic rings. The summed E-state index contributed by atoms with van der Waals surface area (Å²) in [5.41, 5.74) is 3.13. The van der Waals surface area contributed by atoms with E-state index >= 15 is 0 Å². The van der Waals surface area contributed by atoms with Crippen LogP contribution in [0.1, 0.15) is 29.5 Å². The van der Waals surface area contributed by atoms with E-state index in [4.69, 9.17) is 46.4 Å². The Labute approximate surface area is 233 Å². The molecule has 0 radical (unpaired) electrons. The highest BCUT2D eigenvalue weighted by atomic mass is 35.5. The zero-order valence-corrected chi connectivity index (χ0v) is 23.1. The second-order valence-electron chi connectivity index (χ2n) is 9.45. The van der Waals surface area contributed by atoms with E-state index in [-0.39, 0.29) is 12.3 Å². The lowest BCUT2D eigenvalue weighted by Crippen LogP contribution is -2.42. The Morgan fingerprint density at radius 3 is 2.28 bits per heavy atom. The Balaban J connectivity index is 1.37. The Kier molecular flexibility index (Phi) is 9.98. The van der Waals surface area contributed by atoms with Crippen molar-refractivity contribution in [2.45, 2.75) is 32.2 Å². The van der Waals surface area contributed by atoms with Crippen molar-refractivity contribution >= 4 is 52.3 Å². The molecule has 0 spiro atoms. The van der Waals surface area contributed by atoms with Gasteiger partial charge in [-0.3, -0.25) is 4.79 Å². The van der Waals surface area contributed by atoms with Gasteiger partial charge in [-0.25, -0.2) is 0 Å². The molecule has 4 rings (SSSR count). The van der Waals surface area contributed by atoms with Crippen LogP contribution in [0.25, 0.3) is 0 Å². The number of likely N-dealkylation sites (tertiary alicyclic amines) is 1. The minimum Gasteiger partial charge on any atom is -0.337 e. The molecule has 1 fully saturated rings. The lowest BCUT2D eigenvalue weighted by molar-refractivity contribution is -0.131. The van der Waals surface area contributed by atoms with Crippen LogP contribution >= 0.6 is 46.4 Å². The van der Waals surface area contributed by atoms with E-state index in [0.717, 1.165) is 37.2 Å². The fraction of sp³-hybridized carbons (Fsp3) is 0.345. The molecule has 0 aromatic heterocycles. The van der Waals surface area contributed by atoms with Gasteiger partial charge in [0.05, 0.1) is 16.5 Å². The van der Waals surface area contributed by atoms with Crippen LogP contribution in [0, 0.1) is 5.92 Å². The van der Waals surface area contributed by atoms with Gasteiger partial charge in [-0.2, -0.15) is 0 Å². The largest absolute Gasteiger partial charge is 0.337 e. The summed E-state index contributed by atoms with van der Waals surface area (Å²) < 4.78 is 0. The van der Waals surface area contributed by atoms with Crippen LogP contribution in [0.3, 0.4) is 0 Å². The number of nitrogens with zero attached hydrogens (tertiary/aromatic N) is 2. The van der Waals surface area contributed by atoms with Crippen LogP contribution in [-0.2, 0) is 24.2 Å². The molecular formula is C29H30Cl4N2O. The van der Waals surface area contributed by atoms with E-state index in [9.17, 15) is 4.79 Å². The minimum atomic E-state index is 0.0263. The van der Waals surface area contributed by atoms with Crippen molar-refractivity contribution in [3.63, 3.8) is 0 Å². The van der Waals surface area contributed by atoms with Crippen molar-refractivity contribution in [1.82, 2.24) is 9.80 Å². The van der Waals surface area contributed by atoms with Gasteiger partial charge in [0.25, 0.3) is 0 Å². The third-order valence-electron chi connectivity index (χ3n) is 6.83. The van der Waals surface area contributed by atoms with Gasteiger partial charge in [0.2, 0.25) is 5.91 Å². The molecule has 0 atom stereocenters. The van der Waals surface area contributed by atoms with E-state index in [0.29, 0.717) is 39.1 Å². The quantitative estimate of drug-likeness (QED) is 0.265. The first-order chi connectivity index (χ1) is 17.4. The summed E-state index contributed by atoms with van der Waals surface area (Å²) in [6.07, 6.45) is 3.74. The molecule has 36 heavy (non-hydrogen) atoms. The van der Waals surface area contributed by atoms with Gasteiger partial charge in [-0.15, -0.1) is 0 Å². The predicted octanol–water partition coefficient (Wildman–Crippen LogP) is 7.83. The maximum atomic E-state index is 13.4. The number of benzene rings is 3. The molecule has 3 aromatic rings. The van der Waals surface area contributed by atoms with Crippen molar-refractivity contribution < 1.29 is 4.79 Å². The summed E-state index contributed by atoms with van der Waals surface area (Å²) in [6.45, 7) is 3.99. The first-order valence-electron chi connectivity index (χ1n) is 12.3. The molecule has 190 valence electrons. The summed E-state index contributed by atoms with van der Waals surface area (Å²) >= 11 is 24.7. The van der Waals surface area contributed by atoms with Crippen molar-refractivity contribution in [1.29, 1.82) is 0 Å². The Bertz CT molecular complexity index is 1160. The summed E-state index contributed by atoms with van der Waals surface area (Å²) in [5, 5.41) is 2.08. The van der Waals surface area contributed by atoms with Crippen molar-refractivity contribution in [2.75, 3.05) is 26.2 Å². The number of rotatable bonds is 9. The van der Waals surface area contributed by atoms with Crippen molar-refractivity contribution in [3.8, 4) is 0 Å². The standard InChI is InChI=1S/C29H30Cl4N2O/c30-25-8-7-24(27(32)19-25)20-35(29(36)18-23-6-9-26(31)28(33)17-23)15-14-34-12-10-22(11-13-34)16-21-4-2-1-3-5-21/h1-9,17,19,22H,10-16,18,20H2. The van der Waals surface area contributed by atoms with Gasteiger partial charge in [0, 0.05) is 29.7 Å². The van der Waals surface area contributed by atoms with Crippen molar-refractivity contribution in [3.05, 3.63) is 104 Å². The van der Waals surface area contributed by atoms with Gasteiger partial charge >= 0.3 is 0 Å². The third-order valence-corrected chi connectivity index (χ3v) is 8.15. The number of amides is 1. The summed E-state index contributed by atoms with van der Waals surface area (Å²) in [7, 11) is 0. The number of piperidine rings is 1. The zero-order chi connectivity index (χ0) is 25.5. The molecule has 3 aromatic carbocycles. The Morgan fingerprint density at radius 2 is 1.58 bits per heavy atom. The molecule has 0 N–H and O–H groups in total. The molecule has 1 heterocycles. The SMILES string of the molecule is O=C(Cc1ccc(Cl)c(Cl)c1)N(CCN1CCC(Cc2ccccc2)CC1)Cc1ccc(Cl)cc1Cl. The minimum absolute atomic E-state index is 0.0263. The highest BCUT2D eigenvalue weighted by Gasteiger charge is 2.22. The van der Waals surface area contributed by atoms with Crippen LogP contribution in [0.5, 0.6) is 0 Å². The molecule has 0 unspecified atom stereocenters. The van der Waals surface area contributed by atoms with E-state index in [1.54, 1.807) is 18.2 Å². The normalized spacial score (nSPS) is 14.7. The highest BCUT2D eigenvalue weighted by molar-refractivity contribution is 6.42. The monoisotopic (exact) mass is 562 g/mol. The first-order valence-corrected chi connectivity index (χ1v) is 13.8. The number of hydrogen-bond acceptors (Lipinski definition) is 2. The van der Waals surface area contributed by atoms with Crippen LogP contribution in [-0.4, -0.2) is 41.9 Å². The smallest absolute Gasteiger partial charge is 0.227 e. The fourth-order valence-electron chi connectivity index (χ4n) is 4.71. The van der Waals surface area contributed by atoms with E-state index in [2.05, 4.69) is 35.2 Å². The van der Waals surface area contributed by atoms with Gasteiger partial charge in [-0.1, -0.05) is 88.9 Å². The molecular weight excluding hydrogens is 534 g/mol. The summed E-state index contributed by atoms with van der Waals surface area (Å²) in [4.78, 5) is 17.7. The maximum Gasteiger partial charge on any atom is 0.227 e. The molecule has 0 bridgehead atoms. The average molecular weight is 564 g/mol. The number of carbonyl (C=O) groups excluding carboxylic acids is 1. The average Bonchev–Trinajstić information content (AvgIpc) is 2.87. The van der Waals surface area contributed by atoms with Crippen molar-refractivity contribution in [2.24, 2.45) is 5.92 Å². The molecule has 0 saturated carbocycles. The third kappa shape index (κ3) is 7.87. The van der Waals surface area contributed by atoms with E-state index in [1.807, 2.05) is 23.1 Å². The lowest BCUT2D eigenvalue weighted by Gasteiger charge is -2.34. The van der Waals surface area contributed by atoms with E-state index < -0.39 is 0 Å². The van der Waals surface area contributed by atoms with Crippen LogP contribution in [0.2, 0.25) is 20.1 Å². The lowest BCUT2D eigenvalue weighted by atomic mass is 9.90. The predicted molar refractivity (Wildman–Crippen MR) is 151 cm³/mol. The van der Waals surface area contributed by atoms with Crippen LogP contribution in [0.4, 0.5) is 0 Å². The van der Waals surface area contributed by atoms with Crippen LogP contribution in [0.15, 0.2) is 66.7 Å². The molecule has 1 amide bonds. The second-order valence-corrected chi connectivity index (χ2v) is 11.1. The number of hydrogen-bond donors (Lipinski definition) is 0. The van der Waals surface area contributed by atoms with Gasteiger partial charge < -0.3 is 9.80 Å². The molecule has 1 aliphatic heterocycles. The summed E-state index contributed by atoms with van der Waals surface area (Å²) in [6, 6.07) is 21.5. The van der Waals surface area contributed by atoms with E-state index in [1.165, 1.54) is 18.4 Å². The molecule has 0 aliphatic carbocycles. The van der Waals surface area contributed by atoms with Crippen LogP contribution < -0.4 is 0 Å². The highest BCUT2D eigenvalue weighted by Crippen LogP contribution is 2.26. The van der Waals surface area contributed by atoms with Gasteiger partial charge in [-0.05, 0) is 79.2 Å². The fourth-order valence-corrected chi connectivity index (χ4v) is 5.50. The maximum absolute atomic E-state index is 13.4. The topological polar surface area (TPSA) is 23.6 Å².